The summed E-state index contributed by atoms with van der Waals surface area (Å²) >= 11 is 0. The van der Waals surface area contributed by atoms with Gasteiger partial charge in [0.05, 0.1) is 0 Å². The molecule has 0 radical (unpaired) electrons. The second-order valence-corrected chi connectivity index (χ2v) is 5.51. The molecule has 0 atom stereocenters. The van der Waals surface area contributed by atoms with Crippen LogP contribution in [0.25, 0.3) is 6.08 Å². The molecule has 3 nitrogen and oxygen atoms in total. The molecular weight excluding hydrogens is 295 g/mol. The lowest BCUT2D eigenvalue weighted by atomic mass is 9.71. The van der Waals surface area contributed by atoms with Gasteiger partial charge in [0.2, 0.25) is 0 Å². The fraction of sp³-hybridized carbons (Fsp3) is 0.438. The Labute approximate surface area is 126 Å². The molecule has 2 aliphatic carbocycles. The van der Waals surface area contributed by atoms with Crippen LogP contribution in [0.1, 0.15) is 36.0 Å². The number of benzene rings is 1. The molecule has 0 unspecified atom stereocenters. The molecule has 22 heavy (non-hydrogen) atoms. The van der Waals surface area contributed by atoms with Gasteiger partial charge in [-0.05, 0) is 55.5 Å². The van der Waals surface area contributed by atoms with Gasteiger partial charge in [-0.15, -0.1) is 0 Å². The van der Waals surface area contributed by atoms with Crippen LogP contribution in [0.5, 0.6) is 0 Å². The van der Waals surface area contributed by atoms with Crippen molar-refractivity contribution >= 4 is 12.0 Å². The molecule has 0 bridgehead atoms. The fourth-order valence-electron chi connectivity index (χ4n) is 2.76. The fourth-order valence-corrected chi connectivity index (χ4v) is 2.76. The summed E-state index contributed by atoms with van der Waals surface area (Å²) in [6, 6.07) is 6.97. The Morgan fingerprint density at radius 1 is 1.32 bits per heavy atom. The van der Waals surface area contributed by atoms with E-state index in [0.29, 0.717) is 0 Å². The van der Waals surface area contributed by atoms with E-state index in [0.717, 1.165) is 6.42 Å². The van der Waals surface area contributed by atoms with E-state index < -0.39 is 12.1 Å². The Bertz CT molecular complexity index is 584. The van der Waals surface area contributed by atoms with Gasteiger partial charge in [-0.3, -0.25) is 0 Å². The predicted octanol–water partition coefficient (Wildman–Crippen LogP) is 3.49. The number of hydrogen-bond acceptors (Lipinski definition) is 2. The minimum atomic E-state index is -5.08. The van der Waals surface area contributed by atoms with Gasteiger partial charge in [0.1, 0.15) is 0 Å². The van der Waals surface area contributed by atoms with Crippen LogP contribution in [-0.2, 0) is 16.8 Å². The number of carboxylic acids is 1. The van der Waals surface area contributed by atoms with Crippen molar-refractivity contribution in [3.05, 3.63) is 41.0 Å². The minimum absolute atomic E-state index is 0.283. The van der Waals surface area contributed by atoms with E-state index in [4.69, 9.17) is 9.90 Å². The summed E-state index contributed by atoms with van der Waals surface area (Å²) in [5.74, 6) is -2.76. The maximum atomic E-state index is 10.6. The largest absolute Gasteiger partial charge is 0.490 e. The second-order valence-electron chi connectivity index (χ2n) is 5.51. The van der Waals surface area contributed by atoms with E-state index in [1.807, 2.05) is 0 Å². The van der Waals surface area contributed by atoms with Crippen LogP contribution < -0.4 is 5.32 Å². The number of carbonyl (C=O) groups is 1. The molecule has 6 heteroatoms. The Kier molecular flexibility index (Phi) is 4.60. The molecule has 0 saturated heterocycles. The van der Waals surface area contributed by atoms with E-state index >= 15 is 0 Å². The summed E-state index contributed by atoms with van der Waals surface area (Å²) in [5, 5.41) is 10.6. The van der Waals surface area contributed by atoms with Crippen LogP contribution in [0.15, 0.2) is 24.3 Å². The van der Waals surface area contributed by atoms with E-state index in [9.17, 15) is 13.2 Å². The zero-order valence-corrected chi connectivity index (χ0v) is 12.2. The van der Waals surface area contributed by atoms with Gasteiger partial charge in [0.15, 0.2) is 0 Å². The van der Waals surface area contributed by atoms with Crippen LogP contribution in [0.2, 0.25) is 0 Å². The first-order valence-corrected chi connectivity index (χ1v) is 7.07. The third-order valence-corrected chi connectivity index (χ3v) is 4.26. The van der Waals surface area contributed by atoms with Crippen molar-refractivity contribution in [2.75, 3.05) is 7.05 Å². The van der Waals surface area contributed by atoms with Crippen molar-refractivity contribution in [1.82, 2.24) is 5.32 Å². The maximum absolute atomic E-state index is 10.6. The Balaban J connectivity index is 0.000000217. The molecule has 120 valence electrons. The normalized spacial score (nSPS) is 18.0. The monoisotopic (exact) mass is 313 g/mol. The Hall–Kier alpha value is -1.82. The van der Waals surface area contributed by atoms with Crippen molar-refractivity contribution in [1.29, 1.82) is 0 Å². The van der Waals surface area contributed by atoms with Crippen LogP contribution >= 0.6 is 0 Å². The number of halogens is 3. The molecule has 0 spiro atoms. The average molecular weight is 313 g/mol. The van der Waals surface area contributed by atoms with Crippen molar-refractivity contribution < 1.29 is 23.1 Å². The Morgan fingerprint density at radius 2 is 1.95 bits per heavy atom. The van der Waals surface area contributed by atoms with Crippen molar-refractivity contribution in [2.24, 2.45) is 0 Å². The number of hydrogen-bond donors (Lipinski definition) is 2. The van der Waals surface area contributed by atoms with E-state index in [2.05, 4.69) is 42.7 Å². The zero-order valence-electron chi connectivity index (χ0n) is 12.2. The summed E-state index contributed by atoms with van der Waals surface area (Å²) in [5.41, 5.74) is 4.66. The minimum Gasteiger partial charge on any atom is -0.475 e. The van der Waals surface area contributed by atoms with Gasteiger partial charge in [-0.1, -0.05) is 24.3 Å². The smallest absolute Gasteiger partial charge is 0.475 e. The maximum Gasteiger partial charge on any atom is 0.490 e. The number of fused-ring (bicyclic) bond motifs is 1. The molecule has 3 rings (SSSR count). The molecule has 2 N–H and O–H groups in total. The van der Waals surface area contributed by atoms with Gasteiger partial charge < -0.3 is 10.4 Å². The Morgan fingerprint density at radius 3 is 2.41 bits per heavy atom. The first-order valence-electron chi connectivity index (χ1n) is 7.07. The number of carboxylic acid groups (broad SMARTS) is 1. The van der Waals surface area contributed by atoms with E-state index in [1.54, 1.807) is 0 Å². The summed E-state index contributed by atoms with van der Waals surface area (Å²) < 4.78 is 31.7. The van der Waals surface area contributed by atoms with Crippen LogP contribution in [0.4, 0.5) is 13.2 Å². The summed E-state index contributed by atoms with van der Waals surface area (Å²) in [4.78, 5) is 8.90. The molecular formula is C16H18F3NO2. The van der Waals surface area contributed by atoms with Crippen molar-refractivity contribution in [3.63, 3.8) is 0 Å². The molecule has 0 amide bonds. The van der Waals surface area contributed by atoms with Crippen LogP contribution in [0, 0.1) is 0 Å². The highest BCUT2D eigenvalue weighted by atomic mass is 19.4. The third kappa shape index (κ3) is 3.32. The predicted molar refractivity (Wildman–Crippen MR) is 77.5 cm³/mol. The second kappa shape index (κ2) is 6.12. The van der Waals surface area contributed by atoms with Gasteiger partial charge >= 0.3 is 12.1 Å². The molecule has 0 aliphatic heterocycles. The SMILES string of the molecule is CNC1(c2ccc3c(c2)C=CC3)CCC1.O=C(O)C(F)(F)F. The molecule has 0 heterocycles. The molecule has 1 aromatic carbocycles. The lowest BCUT2D eigenvalue weighted by Crippen LogP contribution is -2.46. The van der Waals surface area contributed by atoms with Gasteiger partial charge in [-0.2, -0.15) is 13.2 Å². The number of allylic oxidation sites excluding steroid dienone is 1. The average Bonchev–Trinajstić information content (AvgIpc) is 2.85. The number of nitrogens with one attached hydrogen (secondary N) is 1. The van der Waals surface area contributed by atoms with E-state index in [-0.39, 0.29) is 5.54 Å². The highest BCUT2D eigenvalue weighted by Gasteiger charge is 2.38. The standard InChI is InChI=1S/C14H17N.C2HF3O2/c1-15-14(8-3-9-14)13-7-6-11-4-2-5-12(11)10-13;3-2(4,5)1(6)7/h2,5-7,10,15H,3-4,8-9H2,1H3;(H,6,7). The third-order valence-electron chi connectivity index (χ3n) is 4.26. The summed E-state index contributed by atoms with van der Waals surface area (Å²) in [7, 11) is 2.09. The molecule has 1 aromatic rings. The zero-order chi connectivity index (χ0) is 16.4. The number of rotatable bonds is 2. The lowest BCUT2D eigenvalue weighted by Gasteiger charge is -2.42. The molecule has 1 fully saturated rings. The van der Waals surface area contributed by atoms with Gasteiger partial charge in [0.25, 0.3) is 0 Å². The highest BCUT2D eigenvalue weighted by Crippen LogP contribution is 2.41. The summed E-state index contributed by atoms with van der Waals surface area (Å²) in [6.07, 6.45) is 4.45. The topological polar surface area (TPSA) is 49.3 Å². The summed E-state index contributed by atoms with van der Waals surface area (Å²) in [6.45, 7) is 0. The van der Waals surface area contributed by atoms with Gasteiger partial charge in [-0.25, -0.2) is 4.79 Å². The molecule has 0 aromatic heterocycles. The first kappa shape index (κ1) is 16.5. The van der Waals surface area contributed by atoms with Crippen LogP contribution in [0.3, 0.4) is 0 Å². The molecule has 1 saturated carbocycles. The van der Waals surface area contributed by atoms with Crippen LogP contribution in [-0.4, -0.2) is 24.3 Å². The number of alkyl halides is 3. The lowest BCUT2D eigenvalue weighted by molar-refractivity contribution is -0.192. The number of aliphatic carboxylic acids is 1. The molecule has 2 aliphatic rings. The quantitative estimate of drug-likeness (QED) is 0.879. The first-order chi connectivity index (χ1) is 10.3. The van der Waals surface area contributed by atoms with Crippen molar-refractivity contribution in [2.45, 2.75) is 37.4 Å². The highest BCUT2D eigenvalue weighted by molar-refractivity contribution is 5.73. The van der Waals surface area contributed by atoms with E-state index in [1.165, 1.54) is 36.0 Å². The van der Waals surface area contributed by atoms with Crippen molar-refractivity contribution in [3.8, 4) is 0 Å². The van der Waals surface area contributed by atoms with Gasteiger partial charge in [0, 0.05) is 5.54 Å².